The molecule has 0 spiro atoms. The maximum atomic E-state index is 5.83. The Morgan fingerprint density at radius 3 is 1.52 bits per heavy atom. The van der Waals surface area contributed by atoms with Gasteiger partial charge >= 0.3 is 0 Å². The van der Waals surface area contributed by atoms with Crippen molar-refractivity contribution in [3.05, 3.63) is 0 Å². The fourth-order valence-corrected chi connectivity index (χ4v) is 3.49. The van der Waals surface area contributed by atoms with Gasteiger partial charge < -0.3 is 0 Å². The van der Waals surface area contributed by atoms with Gasteiger partial charge in [-0.05, 0) is 66.2 Å². The fraction of sp³-hybridized carbons (Fsp3) is 1.00. The van der Waals surface area contributed by atoms with E-state index in [2.05, 4.69) is 13.8 Å². The predicted octanol–water partition coefficient (Wildman–Crippen LogP) is 6.58. The Balaban J connectivity index is 2.72. The smallest absolute Gasteiger partial charge is 0.228 e. The van der Waals surface area contributed by atoms with Crippen molar-refractivity contribution in [3.63, 3.8) is 0 Å². The van der Waals surface area contributed by atoms with E-state index >= 15 is 0 Å². The van der Waals surface area contributed by atoms with Crippen LogP contribution in [0.15, 0.2) is 0 Å². The summed E-state index contributed by atoms with van der Waals surface area (Å²) in [5.41, 5.74) is -0.746. The molecule has 0 aromatic rings. The van der Waals surface area contributed by atoms with Crippen LogP contribution >= 0.6 is 0 Å². The molecule has 0 saturated heterocycles. The minimum Gasteiger partial charge on any atom is -0.228 e. The van der Waals surface area contributed by atoms with Crippen molar-refractivity contribution in [2.45, 2.75) is 124 Å². The highest BCUT2D eigenvalue weighted by atomic mass is 17.3. The Labute approximate surface area is 155 Å². The first-order valence-electron chi connectivity index (χ1n) is 10.2. The van der Waals surface area contributed by atoms with Gasteiger partial charge in [0.15, 0.2) is 0 Å². The highest BCUT2D eigenvalue weighted by Gasteiger charge is 2.43. The number of hydrogen-bond acceptors (Lipinski definition) is 4. The Morgan fingerprint density at radius 1 is 0.800 bits per heavy atom. The van der Waals surface area contributed by atoms with Gasteiger partial charge in [0.05, 0.1) is 11.2 Å². The SMILES string of the molecule is CCCC(CCC)C1CCC(OOC(C)(C)C)(OOC(C)(C)C)CC1. The van der Waals surface area contributed by atoms with Crippen LogP contribution in [0.5, 0.6) is 0 Å². The van der Waals surface area contributed by atoms with E-state index in [0.717, 1.165) is 37.5 Å². The van der Waals surface area contributed by atoms with Crippen LogP contribution in [0.25, 0.3) is 0 Å². The van der Waals surface area contributed by atoms with Gasteiger partial charge in [-0.25, -0.2) is 9.78 Å². The van der Waals surface area contributed by atoms with Crippen molar-refractivity contribution in [1.29, 1.82) is 0 Å². The van der Waals surface area contributed by atoms with E-state index < -0.39 is 5.79 Å². The second-order valence-electron chi connectivity index (χ2n) is 9.64. The van der Waals surface area contributed by atoms with Gasteiger partial charge in [0.25, 0.3) is 0 Å². The molecule has 0 aliphatic heterocycles. The van der Waals surface area contributed by atoms with Crippen LogP contribution in [0.3, 0.4) is 0 Å². The molecule has 0 unspecified atom stereocenters. The largest absolute Gasteiger partial charge is 0.234 e. The molecule has 1 saturated carbocycles. The fourth-order valence-electron chi connectivity index (χ4n) is 3.49. The lowest BCUT2D eigenvalue weighted by Crippen LogP contribution is -2.44. The summed E-state index contributed by atoms with van der Waals surface area (Å²) in [6.07, 6.45) is 9.01. The van der Waals surface area contributed by atoms with Crippen LogP contribution < -0.4 is 0 Å². The summed E-state index contributed by atoms with van der Waals surface area (Å²) in [4.78, 5) is 22.9. The summed E-state index contributed by atoms with van der Waals surface area (Å²) in [6.45, 7) is 16.5. The minimum atomic E-state index is -0.792. The molecule has 150 valence electrons. The summed E-state index contributed by atoms with van der Waals surface area (Å²) >= 11 is 0. The molecule has 0 heterocycles. The topological polar surface area (TPSA) is 36.9 Å². The van der Waals surface area contributed by atoms with Gasteiger partial charge in [0, 0.05) is 12.8 Å². The molecule has 1 rings (SSSR count). The molecule has 0 amide bonds. The minimum absolute atomic E-state index is 0.373. The lowest BCUT2D eigenvalue weighted by atomic mass is 9.74. The average molecular weight is 359 g/mol. The Kier molecular flexibility index (Phi) is 8.86. The highest BCUT2D eigenvalue weighted by Crippen LogP contribution is 2.42. The first-order chi connectivity index (χ1) is 11.5. The third-order valence-corrected chi connectivity index (χ3v) is 4.66. The van der Waals surface area contributed by atoms with Gasteiger partial charge in [-0.1, -0.05) is 39.5 Å². The van der Waals surface area contributed by atoms with Crippen molar-refractivity contribution in [2.75, 3.05) is 0 Å². The summed E-state index contributed by atoms with van der Waals surface area (Å²) in [5, 5.41) is 0. The lowest BCUT2D eigenvalue weighted by Gasteiger charge is -2.41. The van der Waals surface area contributed by atoms with E-state index in [4.69, 9.17) is 19.6 Å². The maximum Gasteiger partial charge on any atom is 0.234 e. The molecule has 0 aromatic heterocycles. The van der Waals surface area contributed by atoms with E-state index in [0.29, 0.717) is 0 Å². The summed E-state index contributed by atoms with van der Waals surface area (Å²) in [7, 11) is 0. The molecule has 1 fully saturated rings. The molecule has 4 nitrogen and oxygen atoms in total. The third kappa shape index (κ3) is 8.85. The zero-order valence-corrected chi connectivity index (χ0v) is 17.9. The van der Waals surface area contributed by atoms with Crippen LogP contribution in [0.1, 0.15) is 107 Å². The second-order valence-corrected chi connectivity index (χ2v) is 9.64. The second kappa shape index (κ2) is 9.68. The van der Waals surface area contributed by atoms with Crippen LogP contribution in [-0.4, -0.2) is 17.0 Å². The highest BCUT2D eigenvalue weighted by molar-refractivity contribution is 4.82. The molecule has 0 aromatic carbocycles. The van der Waals surface area contributed by atoms with Crippen molar-refractivity contribution >= 4 is 0 Å². The van der Waals surface area contributed by atoms with E-state index in [1.54, 1.807) is 0 Å². The molecule has 1 aliphatic rings. The summed E-state index contributed by atoms with van der Waals surface area (Å²) < 4.78 is 0. The first kappa shape index (κ1) is 22.9. The van der Waals surface area contributed by atoms with Crippen molar-refractivity contribution in [2.24, 2.45) is 11.8 Å². The van der Waals surface area contributed by atoms with E-state index in [1.807, 2.05) is 41.5 Å². The van der Waals surface area contributed by atoms with Gasteiger partial charge in [-0.15, -0.1) is 0 Å². The van der Waals surface area contributed by atoms with Crippen LogP contribution in [0, 0.1) is 11.8 Å². The Morgan fingerprint density at radius 2 is 1.20 bits per heavy atom. The van der Waals surface area contributed by atoms with E-state index in [9.17, 15) is 0 Å². The van der Waals surface area contributed by atoms with Gasteiger partial charge in [0.2, 0.25) is 5.79 Å². The zero-order valence-electron chi connectivity index (χ0n) is 17.9. The first-order valence-corrected chi connectivity index (χ1v) is 10.2. The Hall–Kier alpha value is -0.160. The molecule has 0 radical (unpaired) electrons. The van der Waals surface area contributed by atoms with Crippen molar-refractivity contribution < 1.29 is 19.6 Å². The van der Waals surface area contributed by atoms with Crippen molar-refractivity contribution in [3.8, 4) is 0 Å². The molecule has 1 aliphatic carbocycles. The normalized spacial score (nSPS) is 19.6. The summed E-state index contributed by atoms with van der Waals surface area (Å²) in [6, 6.07) is 0. The summed E-state index contributed by atoms with van der Waals surface area (Å²) in [5.74, 6) is 0.782. The van der Waals surface area contributed by atoms with Gasteiger partial charge in [-0.3, -0.25) is 0 Å². The molecule has 0 atom stereocenters. The van der Waals surface area contributed by atoms with Crippen molar-refractivity contribution in [1.82, 2.24) is 0 Å². The lowest BCUT2D eigenvalue weighted by molar-refractivity contribution is -0.546. The molecule has 4 heteroatoms. The Bertz CT molecular complexity index is 333. The van der Waals surface area contributed by atoms with E-state index in [1.165, 1.54) is 25.7 Å². The van der Waals surface area contributed by atoms with Gasteiger partial charge in [0.1, 0.15) is 0 Å². The number of hydrogen-bond donors (Lipinski definition) is 0. The van der Waals surface area contributed by atoms with Crippen LogP contribution in [-0.2, 0) is 19.6 Å². The number of rotatable bonds is 9. The average Bonchev–Trinajstić information content (AvgIpc) is 2.50. The molecule has 0 bridgehead atoms. The molecule has 0 N–H and O–H groups in total. The quantitative estimate of drug-likeness (QED) is 0.265. The zero-order chi connectivity index (χ0) is 19.1. The molecule has 25 heavy (non-hydrogen) atoms. The molecular formula is C21H42O4. The third-order valence-electron chi connectivity index (χ3n) is 4.66. The maximum absolute atomic E-state index is 5.83. The predicted molar refractivity (Wildman–Crippen MR) is 102 cm³/mol. The van der Waals surface area contributed by atoms with Crippen LogP contribution in [0.4, 0.5) is 0 Å². The van der Waals surface area contributed by atoms with Crippen LogP contribution in [0.2, 0.25) is 0 Å². The molecular weight excluding hydrogens is 316 g/mol. The monoisotopic (exact) mass is 358 g/mol. The standard InChI is InChI=1S/C21H42O4/c1-9-11-17(12-10-2)18-13-15-21(16-14-18,24-22-19(3,4)5)25-23-20(6,7)8/h17-18H,9-16H2,1-8H3. The van der Waals surface area contributed by atoms with Gasteiger partial charge in [-0.2, -0.15) is 9.78 Å². The van der Waals surface area contributed by atoms with E-state index in [-0.39, 0.29) is 11.2 Å².